The van der Waals surface area contributed by atoms with Crippen LogP contribution >= 0.6 is 0 Å². The van der Waals surface area contributed by atoms with Crippen LogP contribution in [-0.4, -0.2) is 80.1 Å². The van der Waals surface area contributed by atoms with Crippen molar-refractivity contribution < 1.29 is 14.0 Å². The molecule has 0 radical (unpaired) electrons. The van der Waals surface area contributed by atoms with E-state index in [1.807, 2.05) is 37.2 Å². The van der Waals surface area contributed by atoms with E-state index in [0.29, 0.717) is 48.2 Å². The van der Waals surface area contributed by atoms with E-state index in [4.69, 9.17) is 10.2 Å². The molecular formula is C23H25N9O3. The van der Waals surface area contributed by atoms with Crippen LogP contribution in [0.1, 0.15) is 23.0 Å². The average Bonchev–Trinajstić information content (AvgIpc) is 3.55. The summed E-state index contributed by atoms with van der Waals surface area (Å²) >= 11 is 0. The summed E-state index contributed by atoms with van der Waals surface area (Å²) < 4.78 is 7.26. The molecular weight excluding hydrogens is 450 g/mol. The Bertz CT molecular complexity index is 1410. The van der Waals surface area contributed by atoms with E-state index in [2.05, 4.69) is 25.4 Å². The van der Waals surface area contributed by atoms with Gasteiger partial charge in [0.15, 0.2) is 16.9 Å². The summed E-state index contributed by atoms with van der Waals surface area (Å²) in [4.78, 5) is 42.1. The number of amides is 2. The molecule has 1 aliphatic rings. The minimum absolute atomic E-state index is 0.0523. The SMILES string of the molecule is CN(C)CC=CC(=O)N1CC[C@H](n2nc(C(=O)Nc3nc4ccccc4o3)c3c(N)ncnc32)C1. The van der Waals surface area contributed by atoms with Gasteiger partial charge in [0, 0.05) is 25.7 Å². The van der Waals surface area contributed by atoms with Crippen molar-refractivity contribution in [1.29, 1.82) is 0 Å². The predicted molar refractivity (Wildman–Crippen MR) is 130 cm³/mol. The summed E-state index contributed by atoms with van der Waals surface area (Å²) in [7, 11) is 3.88. The van der Waals surface area contributed by atoms with Gasteiger partial charge in [0.05, 0.1) is 11.4 Å². The Balaban J connectivity index is 1.40. The number of benzene rings is 1. The number of nitrogens with one attached hydrogen (secondary N) is 1. The highest BCUT2D eigenvalue weighted by molar-refractivity contribution is 6.12. The summed E-state index contributed by atoms with van der Waals surface area (Å²) in [6.07, 6.45) is 5.42. The van der Waals surface area contributed by atoms with Gasteiger partial charge < -0.3 is 20.0 Å². The van der Waals surface area contributed by atoms with Crippen LogP contribution in [0.4, 0.5) is 11.8 Å². The van der Waals surface area contributed by atoms with Crippen molar-refractivity contribution in [2.45, 2.75) is 12.5 Å². The fourth-order valence-corrected chi connectivity index (χ4v) is 4.10. The van der Waals surface area contributed by atoms with Gasteiger partial charge in [-0.05, 0) is 32.6 Å². The van der Waals surface area contributed by atoms with Gasteiger partial charge in [-0.2, -0.15) is 10.1 Å². The number of rotatable bonds is 6. The van der Waals surface area contributed by atoms with Crippen molar-refractivity contribution in [1.82, 2.24) is 34.5 Å². The number of aromatic nitrogens is 5. The van der Waals surface area contributed by atoms with Crippen LogP contribution in [0.25, 0.3) is 22.1 Å². The highest BCUT2D eigenvalue weighted by atomic mass is 16.4. The Morgan fingerprint density at radius 3 is 2.91 bits per heavy atom. The topological polar surface area (TPSA) is 148 Å². The molecule has 0 bridgehead atoms. The highest BCUT2D eigenvalue weighted by Gasteiger charge is 2.31. The number of fused-ring (bicyclic) bond motifs is 2. The van der Waals surface area contributed by atoms with Crippen molar-refractivity contribution in [3.63, 3.8) is 0 Å². The van der Waals surface area contributed by atoms with Crippen LogP contribution in [0, 0.1) is 0 Å². The van der Waals surface area contributed by atoms with Gasteiger partial charge in [-0.15, -0.1) is 0 Å². The van der Waals surface area contributed by atoms with Crippen LogP contribution in [0.2, 0.25) is 0 Å². The first-order chi connectivity index (χ1) is 16.9. The summed E-state index contributed by atoms with van der Waals surface area (Å²) in [6.45, 7) is 1.70. The molecule has 1 fully saturated rings. The molecule has 12 nitrogen and oxygen atoms in total. The summed E-state index contributed by atoms with van der Waals surface area (Å²) in [5, 5.41) is 7.54. The zero-order chi connectivity index (χ0) is 24.5. The Kier molecular flexibility index (Phi) is 5.87. The zero-order valence-corrected chi connectivity index (χ0v) is 19.4. The molecule has 2 amide bonds. The second-order valence-corrected chi connectivity index (χ2v) is 8.58. The molecule has 1 aliphatic heterocycles. The van der Waals surface area contributed by atoms with E-state index >= 15 is 0 Å². The zero-order valence-electron chi connectivity index (χ0n) is 19.4. The van der Waals surface area contributed by atoms with Crippen LogP contribution in [0.15, 0.2) is 47.2 Å². The third-order valence-corrected chi connectivity index (χ3v) is 5.80. The number of likely N-dealkylation sites (N-methyl/N-ethyl adjacent to an activating group) is 1. The van der Waals surface area contributed by atoms with Gasteiger partial charge in [0.25, 0.3) is 5.91 Å². The maximum absolute atomic E-state index is 13.2. The van der Waals surface area contributed by atoms with Crippen LogP contribution < -0.4 is 11.1 Å². The largest absolute Gasteiger partial charge is 0.423 e. The Hall–Kier alpha value is -4.32. The lowest BCUT2D eigenvalue weighted by atomic mass is 10.2. The molecule has 180 valence electrons. The first-order valence-corrected chi connectivity index (χ1v) is 11.2. The number of hydrogen-bond acceptors (Lipinski definition) is 9. The number of nitrogen functional groups attached to an aromatic ring is 1. The van der Waals surface area contributed by atoms with Gasteiger partial charge in [0.2, 0.25) is 5.91 Å². The van der Waals surface area contributed by atoms with E-state index in [9.17, 15) is 9.59 Å². The number of oxazole rings is 1. The Labute approximate surface area is 200 Å². The smallest absolute Gasteiger partial charge is 0.302 e. The fraction of sp³-hybridized carbons (Fsp3) is 0.304. The molecule has 0 unspecified atom stereocenters. The van der Waals surface area contributed by atoms with Gasteiger partial charge in [-0.1, -0.05) is 18.2 Å². The summed E-state index contributed by atoms with van der Waals surface area (Å²) in [5.41, 5.74) is 7.79. The third-order valence-electron chi connectivity index (χ3n) is 5.80. The van der Waals surface area contributed by atoms with Crippen LogP contribution in [0.5, 0.6) is 0 Å². The molecule has 0 aliphatic carbocycles. The molecule has 1 atom stereocenters. The first-order valence-electron chi connectivity index (χ1n) is 11.2. The van der Waals surface area contributed by atoms with E-state index < -0.39 is 5.91 Å². The van der Waals surface area contributed by atoms with Crippen LogP contribution in [-0.2, 0) is 4.79 Å². The van der Waals surface area contributed by atoms with Crippen molar-refractivity contribution in [2.24, 2.45) is 0 Å². The van der Waals surface area contributed by atoms with E-state index in [0.717, 1.165) is 0 Å². The standard InChI is InChI=1S/C23H25N9O3/c1-30(2)10-5-8-17(33)31-11-9-14(12-31)32-21-18(20(24)25-13-26-21)19(29-32)22(34)28-23-27-15-6-3-4-7-16(15)35-23/h3-8,13-14H,9-12H2,1-2H3,(H2,24,25,26)(H,27,28,34)/t14-/m0/s1. The van der Waals surface area contributed by atoms with Crippen LogP contribution in [0.3, 0.4) is 0 Å². The quantitative estimate of drug-likeness (QED) is 0.397. The average molecular weight is 476 g/mol. The lowest BCUT2D eigenvalue weighted by Gasteiger charge is -2.15. The lowest BCUT2D eigenvalue weighted by molar-refractivity contribution is -0.125. The molecule has 3 N–H and O–H groups in total. The Morgan fingerprint density at radius 1 is 1.29 bits per heavy atom. The minimum atomic E-state index is -0.542. The molecule has 1 aromatic carbocycles. The number of carbonyl (C=O) groups excluding carboxylic acids is 2. The van der Waals surface area contributed by atoms with Gasteiger partial charge >= 0.3 is 6.01 Å². The molecule has 5 rings (SSSR count). The van der Waals surface area contributed by atoms with Crippen molar-refractivity contribution in [3.05, 3.63) is 48.4 Å². The second-order valence-electron chi connectivity index (χ2n) is 8.58. The number of likely N-dealkylation sites (tertiary alicyclic amines) is 1. The number of carbonyl (C=O) groups is 2. The van der Waals surface area contributed by atoms with Crippen molar-refractivity contribution in [2.75, 3.05) is 44.8 Å². The van der Waals surface area contributed by atoms with E-state index in [1.165, 1.54) is 6.33 Å². The monoisotopic (exact) mass is 475 g/mol. The fourth-order valence-electron chi connectivity index (χ4n) is 4.10. The molecule has 1 saturated heterocycles. The lowest BCUT2D eigenvalue weighted by Crippen LogP contribution is -2.28. The van der Waals surface area contributed by atoms with Gasteiger partial charge in [-0.25, -0.2) is 14.6 Å². The second kappa shape index (κ2) is 9.14. The third kappa shape index (κ3) is 4.43. The number of para-hydroxylation sites is 2. The van der Waals surface area contributed by atoms with Crippen molar-refractivity contribution >= 4 is 45.8 Å². The molecule has 12 heteroatoms. The first kappa shape index (κ1) is 22.5. The normalized spacial score (nSPS) is 16.2. The molecule has 0 spiro atoms. The van der Waals surface area contributed by atoms with E-state index in [-0.39, 0.29) is 29.5 Å². The predicted octanol–water partition coefficient (Wildman–Crippen LogP) is 1.69. The molecule has 4 heterocycles. The number of nitrogens with two attached hydrogens (primary N) is 1. The van der Waals surface area contributed by atoms with Crippen molar-refractivity contribution in [3.8, 4) is 0 Å². The summed E-state index contributed by atoms with van der Waals surface area (Å²) in [5.74, 6) is -0.463. The Morgan fingerprint density at radius 2 is 2.11 bits per heavy atom. The van der Waals surface area contributed by atoms with E-state index in [1.54, 1.807) is 27.8 Å². The maximum Gasteiger partial charge on any atom is 0.302 e. The minimum Gasteiger partial charge on any atom is -0.423 e. The van der Waals surface area contributed by atoms with Gasteiger partial charge in [0.1, 0.15) is 17.7 Å². The molecule has 35 heavy (non-hydrogen) atoms. The number of nitrogens with zero attached hydrogens (tertiary/aromatic N) is 7. The molecule has 0 saturated carbocycles. The highest BCUT2D eigenvalue weighted by Crippen LogP contribution is 2.29. The van der Waals surface area contributed by atoms with Gasteiger partial charge in [-0.3, -0.25) is 14.9 Å². The summed E-state index contributed by atoms with van der Waals surface area (Å²) in [6, 6.07) is 7.09. The maximum atomic E-state index is 13.2. The number of anilines is 2. The number of hydrogen-bond donors (Lipinski definition) is 2. The molecule has 3 aromatic heterocycles. The molecule has 4 aromatic rings.